The molecule has 1 aromatic rings. The molecular formula is C15H25BrINO3SSi. The van der Waals surface area contributed by atoms with Gasteiger partial charge in [0.1, 0.15) is 0 Å². The lowest BCUT2D eigenvalue weighted by molar-refractivity contribution is 0.217. The summed E-state index contributed by atoms with van der Waals surface area (Å²) in [5.74, 6) is 0. The molecule has 0 amide bonds. The lowest BCUT2D eigenvalue weighted by Gasteiger charge is -2.33. The molecule has 0 bridgehead atoms. The van der Waals surface area contributed by atoms with E-state index in [0.717, 1.165) is 38.9 Å². The van der Waals surface area contributed by atoms with Crippen molar-refractivity contribution in [3.05, 3.63) is 28.2 Å². The zero-order valence-electron chi connectivity index (χ0n) is 14.0. The molecule has 132 valence electrons. The molecule has 1 atom stereocenters. The Balaban J connectivity index is 3.14. The topological polar surface area (TPSA) is 55.4 Å². The molecule has 4 nitrogen and oxygen atoms in total. The van der Waals surface area contributed by atoms with Gasteiger partial charge in [-0.2, -0.15) is 0 Å². The van der Waals surface area contributed by atoms with Crippen molar-refractivity contribution in [2.24, 2.45) is 0 Å². The fourth-order valence-electron chi connectivity index (χ4n) is 2.51. The van der Waals surface area contributed by atoms with Gasteiger partial charge in [-0.05, 0) is 51.8 Å². The maximum absolute atomic E-state index is 11.5. The van der Waals surface area contributed by atoms with Crippen molar-refractivity contribution in [1.29, 1.82) is 0 Å². The summed E-state index contributed by atoms with van der Waals surface area (Å²) in [5, 5.41) is 0. The number of rotatable bonds is 9. The Hall–Kier alpha value is 0.357. The molecule has 0 saturated heterocycles. The standard InChI is InChI=1S/C15H25BrINO3SSi/c1-5-23(6-2,7-3)21-15(11-17)12-8-9-13(16)14(10-12)18-22(4,19)20/h8-10,15,18H,5-7,11H2,1-4H3/t15-/m0/s1. The van der Waals surface area contributed by atoms with Crippen molar-refractivity contribution in [1.82, 2.24) is 0 Å². The minimum atomic E-state index is -3.31. The predicted molar refractivity (Wildman–Crippen MR) is 113 cm³/mol. The maximum Gasteiger partial charge on any atom is 0.229 e. The van der Waals surface area contributed by atoms with E-state index < -0.39 is 18.3 Å². The largest absolute Gasteiger partial charge is 0.409 e. The Labute approximate surface area is 163 Å². The number of hydrogen-bond acceptors (Lipinski definition) is 3. The molecular weight excluding hydrogens is 509 g/mol. The fourth-order valence-corrected chi connectivity index (χ4v) is 7.41. The molecule has 0 aliphatic carbocycles. The quantitative estimate of drug-likeness (QED) is 0.265. The van der Waals surface area contributed by atoms with Crippen molar-refractivity contribution in [3.8, 4) is 0 Å². The number of halogens is 2. The van der Waals surface area contributed by atoms with Crippen LogP contribution in [0.2, 0.25) is 18.1 Å². The van der Waals surface area contributed by atoms with Crippen LogP contribution < -0.4 is 4.72 Å². The molecule has 0 radical (unpaired) electrons. The van der Waals surface area contributed by atoms with Crippen LogP contribution >= 0.6 is 38.5 Å². The second-order valence-electron chi connectivity index (χ2n) is 5.62. The second kappa shape index (κ2) is 9.16. The summed E-state index contributed by atoms with van der Waals surface area (Å²) in [6.45, 7) is 6.63. The van der Waals surface area contributed by atoms with Gasteiger partial charge in [-0.3, -0.25) is 4.72 Å². The molecule has 1 N–H and O–H groups in total. The van der Waals surface area contributed by atoms with Gasteiger partial charge in [0.2, 0.25) is 10.0 Å². The molecule has 23 heavy (non-hydrogen) atoms. The predicted octanol–water partition coefficient (Wildman–Crippen LogP) is 5.32. The van der Waals surface area contributed by atoms with Crippen LogP contribution in [-0.2, 0) is 14.4 Å². The average Bonchev–Trinajstić information content (AvgIpc) is 2.50. The molecule has 0 unspecified atom stereocenters. The number of sulfonamides is 1. The lowest BCUT2D eigenvalue weighted by atomic mass is 10.1. The van der Waals surface area contributed by atoms with Crippen LogP contribution in [0.4, 0.5) is 5.69 Å². The third-order valence-electron chi connectivity index (χ3n) is 4.12. The highest BCUT2D eigenvalue weighted by molar-refractivity contribution is 14.1. The van der Waals surface area contributed by atoms with Gasteiger partial charge in [-0.25, -0.2) is 8.42 Å². The number of anilines is 1. The summed E-state index contributed by atoms with van der Waals surface area (Å²) in [6, 6.07) is 9.03. The zero-order valence-corrected chi connectivity index (χ0v) is 19.6. The first-order valence-electron chi connectivity index (χ1n) is 7.71. The second-order valence-corrected chi connectivity index (χ2v) is 13.8. The summed E-state index contributed by atoms with van der Waals surface area (Å²) < 4.78 is 33.7. The first kappa shape index (κ1) is 21.4. The van der Waals surface area contributed by atoms with Crippen molar-refractivity contribution < 1.29 is 12.8 Å². The summed E-state index contributed by atoms with van der Waals surface area (Å²) in [4.78, 5) is 0. The summed E-state index contributed by atoms with van der Waals surface area (Å²) in [7, 11) is -5.03. The molecule has 0 aliphatic heterocycles. The van der Waals surface area contributed by atoms with Gasteiger partial charge in [-0.15, -0.1) is 0 Å². The molecule has 1 aromatic carbocycles. The van der Waals surface area contributed by atoms with E-state index in [9.17, 15) is 8.42 Å². The van der Waals surface area contributed by atoms with Crippen molar-refractivity contribution >= 4 is 62.5 Å². The number of alkyl halides is 1. The molecule has 0 aliphatic rings. The third kappa shape index (κ3) is 6.30. The van der Waals surface area contributed by atoms with E-state index in [1.807, 2.05) is 18.2 Å². The highest BCUT2D eigenvalue weighted by Gasteiger charge is 2.32. The van der Waals surface area contributed by atoms with Gasteiger partial charge in [-0.1, -0.05) is 49.4 Å². The molecule has 0 saturated carbocycles. The van der Waals surface area contributed by atoms with Crippen LogP contribution in [0.15, 0.2) is 22.7 Å². The average molecular weight is 534 g/mol. The van der Waals surface area contributed by atoms with E-state index in [4.69, 9.17) is 4.43 Å². The van der Waals surface area contributed by atoms with E-state index in [1.54, 1.807) is 0 Å². The van der Waals surface area contributed by atoms with Crippen LogP contribution in [0.5, 0.6) is 0 Å². The number of hydrogen-bond donors (Lipinski definition) is 1. The Morgan fingerprint density at radius 3 is 2.26 bits per heavy atom. The van der Waals surface area contributed by atoms with E-state index in [0.29, 0.717) is 5.69 Å². The van der Waals surface area contributed by atoms with Gasteiger partial charge in [0.15, 0.2) is 8.32 Å². The lowest BCUT2D eigenvalue weighted by Crippen LogP contribution is -2.37. The first-order chi connectivity index (χ1) is 10.7. The van der Waals surface area contributed by atoms with Gasteiger partial charge in [0.25, 0.3) is 0 Å². The zero-order chi connectivity index (χ0) is 17.7. The molecule has 0 heterocycles. The van der Waals surface area contributed by atoms with E-state index in [1.165, 1.54) is 0 Å². The minimum Gasteiger partial charge on any atom is -0.409 e. The molecule has 0 spiro atoms. The normalized spacial score (nSPS) is 13.8. The van der Waals surface area contributed by atoms with Crippen LogP contribution in [0.25, 0.3) is 0 Å². The van der Waals surface area contributed by atoms with Crippen molar-refractivity contribution in [3.63, 3.8) is 0 Å². The van der Waals surface area contributed by atoms with Crippen LogP contribution in [-0.4, -0.2) is 27.4 Å². The Bertz CT molecular complexity index is 615. The van der Waals surface area contributed by atoms with Crippen LogP contribution in [0.1, 0.15) is 32.4 Å². The van der Waals surface area contributed by atoms with Gasteiger partial charge in [0.05, 0.1) is 18.0 Å². The molecule has 8 heteroatoms. The molecule has 0 aromatic heterocycles. The summed E-state index contributed by atoms with van der Waals surface area (Å²) >= 11 is 5.73. The van der Waals surface area contributed by atoms with Gasteiger partial charge >= 0.3 is 0 Å². The Kier molecular flexibility index (Phi) is 8.53. The van der Waals surface area contributed by atoms with E-state index in [2.05, 4.69) is 64.0 Å². The Morgan fingerprint density at radius 1 is 1.26 bits per heavy atom. The SMILES string of the molecule is CC[Si](CC)(CC)O[C@@H](CI)c1ccc(Br)c(NS(C)(=O)=O)c1. The number of nitrogens with one attached hydrogen (secondary N) is 1. The summed E-state index contributed by atoms with van der Waals surface area (Å²) in [6.07, 6.45) is 1.15. The minimum absolute atomic E-state index is 0.00433. The van der Waals surface area contributed by atoms with Crippen molar-refractivity contribution in [2.45, 2.75) is 45.0 Å². The van der Waals surface area contributed by atoms with Crippen LogP contribution in [0, 0.1) is 0 Å². The third-order valence-corrected chi connectivity index (χ3v) is 10.9. The first-order valence-corrected chi connectivity index (χ1v) is 14.4. The maximum atomic E-state index is 11.5. The summed E-state index contributed by atoms with van der Waals surface area (Å²) in [5.41, 5.74) is 1.57. The monoisotopic (exact) mass is 533 g/mol. The van der Waals surface area contributed by atoms with E-state index >= 15 is 0 Å². The smallest absolute Gasteiger partial charge is 0.229 e. The highest BCUT2D eigenvalue weighted by atomic mass is 127. The van der Waals surface area contributed by atoms with Gasteiger partial charge < -0.3 is 4.43 Å². The molecule has 0 fully saturated rings. The highest BCUT2D eigenvalue weighted by Crippen LogP contribution is 2.34. The van der Waals surface area contributed by atoms with E-state index in [-0.39, 0.29) is 6.10 Å². The fraction of sp³-hybridized carbons (Fsp3) is 0.600. The Morgan fingerprint density at radius 2 is 1.83 bits per heavy atom. The molecule has 1 rings (SSSR count). The van der Waals surface area contributed by atoms with Crippen molar-refractivity contribution in [2.75, 3.05) is 15.4 Å². The van der Waals surface area contributed by atoms with Crippen LogP contribution in [0.3, 0.4) is 0 Å². The number of benzene rings is 1. The van der Waals surface area contributed by atoms with Gasteiger partial charge in [0, 0.05) is 8.90 Å².